The summed E-state index contributed by atoms with van der Waals surface area (Å²) >= 11 is 0. The summed E-state index contributed by atoms with van der Waals surface area (Å²) in [7, 11) is 0. The van der Waals surface area contributed by atoms with Crippen LogP contribution in [0.4, 0.5) is 4.39 Å². The molecule has 118 valence electrons. The lowest BCUT2D eigenvalue weighted by molar-refractivity contribution is 0.251. The Labute approximate surface area is 136 Å². The number of likely N-dealkylation sites (tertiary alicyclic amines) is 1. The fourth-order valence-corrected chi connectivity index (χ4v) is 3.72. The van der Waals surface area contributed by atoms with Crippen LogP contribution in [0.15, 0.2) is 30.5 Å². The summed E-state index contributed by atoms with van der Waals surface area (Å²) in [5.41, 5.74) is 1.93. The average molecular weight is 322 g/mol. The third-order valence-electron chi connectivity index (χ3n) is 4.80. The number of hydrogen-bond acceptors (Lipinski definition) is 3. The minimum Gasteiger partial charge on any atom is -0.310 e. The average Bonchev–Trinajstić information content (AvgIpc) is 2.84. The molecule has 0 amide bonds. The topological polar surface area (TPSA) is 28.2 Å². The summed E-state index contributed by atoms with van der Waals surface area (Å²) in [5, 5.41) is 4.33. The molecule has 1 aromatic carbocycles. The van der Waals surface area contributed by atoms with Crippen LogP contribution in [0.1, 0.15) is 24.8 Å². The Kier molecular flexibility index (Phi) is 4.62. The Morgan fingerprint density at radius 3 is 2.95 bits per heavy atom. The summed E-state index contributed by atoms with van der Waals surface area (Å²) in [5.74, 6) is -0.182. The highest BCUT2D eigenvalue weighted by Gasteiger charge is 2.29. The SMILES string of the molecule is Cl.Fc1ccc(CN2CCC3CCC(C2)N3)c2ncccc12. The molecule has 0 saturated carbocycles. The van der Waals surface area contributed by atoms with Crippen molar-refractivity contribution < 1.29 is 4.39 Å². The van der Waals surface area contributed by atoms with Gasteiger partial charge in [-0.15, -0.1) is 12.4 Å². The van der Waals surface area contributed by atoms with Gasteiger partial charge in [-0.2, -0.15) is 0 Å². The molecule has 22 heavy (non-hydrogen) atoms. The normalized spacial score (nSPS) is 25.0. The van der Waals surface area contributed by atoms with Crippen LogP contribution in [0, 0.1) is 5.82 Å². The van der Waals surface area contributed by atoms with E-state index in [0.717, 1.165) is 30.7 Å². The van der Waals surface area contributed by atoms with E-state index in [9.17, 15) is 4.39 Å². The molecule has 4 rings (SSSR count). The van der Waals surface area contributed by atoms with Gasteiger partial charge in [-0.3, -0.25) is 9.88 Å². The minimum atomic E-state index is -0.182. The zero-order valence-electron chi connectivity index (χ0n) is 12.5. The first-order chi connectivity index (χ1) is 10.3. The van der Waals surface area contributed by atoms with Crippen LogP contribution in [0.5, 0.6) is 0 Å². The fraction of sp³-hybridized carbons (Fsp3) is 0.471. The van der Waals surface area contributed by atoms with Crippen molar-refractivity contribution in [3.05, 3.63) is 41.8 Å². The number of halogens is 2. The maximum atomic E-state index is 13.9. The monoisotopic (exact) mass is 321 g/mol. The van der Waals surface area contributed by atoms with Gasteiger partial charge in [0, 0.05) is 43.3 Å². The Morgan fingerprint density at radius 1 is 1.18 bits per heavy atom. The summed E-state index contributed by atoms with van der Waals surface area (Å²) in [6.07, 6.45) is 5.56. The number of hydrogen-bond donors (Lipinski definition) is 1. The second kappa shape index (κ2) is 6.49. The first kappa shape index (κ1) is 15.7. The van der Waals surface area contributed by atoms with Crippen LogP contribution in [0.3, 0.4) is 0 Å². The number of pyridine rings is 1. The molecule has 3 heterocycles. The van der Waals surface area contributed by atoms with Crippen molar-refractivity contribution in [3.63, 3.8) is 0 Å². The molecule has 1 aromatic heterocycles. The Bertz CT molecular complexity index is 663. The van der Waals surface area contributed by atoms with Gasteiger partial charge in [-0.1, -0.05) is 6.07 Å². The van der Waals surface area contributed by atoms with Gasteiger partial charge < -0.3 is 5.32 Å². The van der Waals surface area contributed by atoms with Crippen molar-refractivity contribution in [3.8, 4) is 0 Å². The van der Waals surface area contributed by atoms with Crippen molar-refractivity contribution >= 4 is 23.3 Å². The maximum Gasteiger partial charge on any atom is 0.132 e. The largest absolute Gasteiger partial charge is 0.310 e. The van der Waals surface area contributed by atoms with Crippen LogP contribution >= 0.6 is 12.4 Å². The van der Waals surface area contributed by atoms with Crippen LogP contribution in [0.25, 0.3) is 10.9 Å². The second-order valence-electron chi connectivity index (χ2n) is 6.27. The van der Waals surface area contributed by atoms with Gasteiger partial charge in [-0.25, -0.2) is 4.39 Å². The molecule has 2 unspecified atom stereocenters. The molecule has 3 nitrogen and oxygen atoms in total. The third kappa shape index (κ3) is 2.96. The van der Waals surface area contributed by atoms with Crippen molar-refractivity contribution in [1.82, 2.24) is 15.2 Å². The van der Waals surface area contributed by atoms with Crippen LogP contribution in [-0.2, 0) is 6.54 Å². The number of benzene rings is 1. The first-order valence-electron chi connectivity index (χ1n) is 7.80. The van der Waals surface area contributed by atoms with E-state index in [0.29, 0.717) is 17.5 Å². The van der Waals surface area contributed by atoms with Gasteiger partial charge in [0.2, 0.25) is 0 Å². The Balaban J connectivity index is 0.00000144. The lowest BCUT2D eigenvalue weighted by Gasteiger charge is -2.24. The molecule has 2 fully saturated rings. The van der Waals surface area contributed by atoms with Crippen LogP contribution in [-0.4, -0.2) is 35.1 Å². The summed E-state index contributed by atoms with van der Waals surface area (Å²) in [4.78, 5) is 6.88. The van der Waals surface area contributed by atoms with Gasteiger partial charge in [0.15, 0.2) is 0 Å². The number of fused-ring (bicyclic) bond motifs is 3. The molecule has 2 bridgehead atoms. The Hall–Kier alpha value is -1.23. The predicted octanol–water partition coefficient (Wildman–Crippen LogP) is 3.12. The van der Waals surface area contributed by atoms with Crippen LogP contribution in [0.2, 0.25) is 0 Å². The summed E-state index contributed by atoms with van der Waals surface area (Å²) < 4.78 is 13.9. The first-order valence-corrected chi connectivity index (χ1v) is 7.80. The van der Waals surface area contributed by atoms with Gasteiger partial charge in [0.1, 0.15) is 5.82 Å². The van der Waals surface area contributed by atoms with E-state index in [1.54, 1.807) is 18.3 Å². The highest BCUT2D eigenvalue weighted by Crippen LogP contribution is 2.24. The molecule has 2 saturated heterocycles. The van der Waals surface area contributed by atoms with E-state index in [1.165, 1.54) is 19.3 Å². The molecular formula is C17H21ClFN3. The van der Waals surface area contributed by atoms with Crippen molar-refractivity contribution in [2.45, 2.75) is 37.9 Å². The zero-order valence-corrected chi connectivity index (χ0v) is 13.3. The maximum absolute atomic E-state index is 13.9. The van der Waals surface area contributed by atoms with Gasteiger partial charge in [0.05, 0.1) is 5.52 Å². The number of nitrogens with zero attached hydrogens (tertiary/aromatic N) is 2. The van der Waals surface area contributed by atoms with Crippen molar-refractivity contribution in [2.24, 2.45) is 0 Å². The standard InChI is InChI=1S/C17H20FN3.ClH/c18-16-6-3-12(17-15(16)2-1-8-19-17)10-21-9-7-13-4-5-14(11-21)20-13;/h1-3,6,8,13-14,20H,4-5,7,9-11H2;1H. The van der Waals surface area contributed by atoms with Crippen molar-refractivity contribution in [1.29, 1.82) is 0 Å². The smallest absolute Gasteiger partial charge is 0.132 e. The van der Waals surface area contributed by atoms with E-state index in [2.05, 4.69) is 15.2 Å². The van der Waals surface area contributed by atoms with Crippen LogP contribution < -0.4 is 5.32 Å². The van der Waals surface area contributed by atoms with Gasteiger partial charge in [-0.05, 0) is 43.0 Å². The van der Waals surface area contributed by atoms with E-state index < -0.39 is 0 Å². The predicted molar refractivity (Wildman–Crippen MR) is 88.8 cm³/mol. The second-order valence-corrected chi connectivity index (χ2v) is 6.27. The van der Waals surface area contributed by atoms with Crippen molar-refractivity contribution in [2.75, 3.05) is 13.1 Å². The lowest BCUT2D eigenvalue weighted by Crippen LogP contribution is -2.35. The van der Waals surface area contributed by atoms with E-state index in [-0.39, 0.29) is 18.2 Å². The Morgan fingerprint density at radius 2 is 2.05 bits per heavy atom. The van der Waals surface area contributed by atoms with E-state index >= 15 is 0 Å². The molecular weight excluding hydrogens is 301 g/mol. The molecule has 0 spiro atoms. The highest BCUT2D eigenvalue weighted by atomic mass is 35.5. The summed E-state index contributed by atoms with van der Waals surface area (Å²) in [6, 6.07) is 8.39. The molecule has 0 aliphatic carbocycles. The van der Waals surface area contributed by atoms with Gasteiger partial charge in [0.25, 0.3) is 0 Å². The van der Waals surface area contributed by atoms with E-state index in [1.807, 2.05) is 12.1 Å². The van der Waals surface area contributed by atoms with E-state index in [4.69, 9.17) is 0 Å². The molecule has 0 radical (unpaired) electrons. The third-order valence-corrected chi connectivity index (χ3v) is 4.80. The number of nitrogens with one attached hydrogen (secondary N) is 1. The quantitative estimate of drug-likeness (QED) is 0.921. The minimum absolute atomic E-state index is 0. The number of aromatic nitrogens is 1. The summed E-state index contributed by atoms with van der Waals surface area (Å²) in [6.45, 7) is 3.06. The highest BCUT2D eigenvalue weighted by molar-refractivity contribution is 5.85. The molecule has 5 heteroatoms. The fourth-order valence-electron chi connectivity index (χ4n) is 3.72. The van der Waals surface area contributed by atoms with Gasteiger partial charge >= 0.3 is 0 Å². The number of rotatable bonds is 2. The molecule has 2 atom stereocenters. The molecule has 1 N–H and O–H groups in total. The molecule has 2 aromatic rings. The zero-order chi connectivity index (χ0) is 14.2. The molecule has 2 aliphatic heterocycles. The lowest BCUT2D eigenvalue weighted by atomic mass is 10.1. The molecule has 2 aliphatic rings.